The van der Waals surface area contributed by atoms with E-state index in [1.807, 2.05) is 0 Å². The zero-order valence-corrected chi connectivity index (χ0v) is 17.5. The van der Waals surface area contributed by atoms with Crippen LogP contribution in [0.15, 0.2) is 15.9 Å². The van der Waals surface area contributed by atoms with Crippen molar-refractivity contribution in [1.82, 2.24) is 29.1 Å². The highest BCUT2D eigenvalue weighted by Gasteiger charge is 2.07. The van der Waals surface area contributed by atoms with E-state index in [1.54, 1.807) is 18.8 Å². The van der Waals surface area contributed by atoms with Gasteiger partial charge in [-0.1, -0.05) is 0 Å². The molecule has 0 aliphatic carbocycles. The molecule has 29 heavy (non-hydrogen) atoms. The summed E-state index contributed by atoms with van der Waals surface area (Å²) in [6.45, 7) is 1.99. The van der Waals surface area contributed by atoms with Crippen LogP contribution in [0.3, 0.4) is 0 Å². The Morgan fingerprint density at radius 2 is 1.55 bits per heavy atom. The maximum absolute atomic E-state index is 11.4. The molecule has 158 valence electrons. The van der Waals surface area contributed by atoms with Crippen molar-refractivity contribution in [2.75, 3.05) is 38.9 Å². The van der Waals surface area contributed by atoms with Crippen LogP contribution in [0.25, 0.3) is 11.2 Å². The van der Waals surface area contributed by atoms with Crippen LogP contribution in [-0.4, -0.2) is 56.5 Å². The third-order valence-electron chi connectivity index (χ3n) is 3.88. The number of rotatable bonds is 6. The van der Waals surface area contributed by atoms with Crippen LogP contribution < -0.4 is 22.6 Å². The van der Waals surface area contributed by atoms with Crippen LogP contribution in [0.5, 0.6) is 0 Å². The van der Waals surface area contributed by atoms with Crippen molar-refractivity contribution in [3.05, 3.63) is 36.6 Å². The third kappa shape index (κ3) is 5.17. The average Bonchev–Trinajstić information content (AvgIpc) is 3.17. The van der Waals surface area contributed by atoms with Gasteiger partial charge in [0.15, 0.2) is 15.2 Å². The summed E-state index contributed by atoms with van der Waals surface area (Å²) in [5.41, 5.74) is 11.3. The summed E-state index contributed by atoms with van der Waals surface area (Å²) in [4.78, 5) is 34.4. The smallest absolute Gasteiger partial charge is 0.277 e. The number of methoxy groups -OCH3 is 2. The Hall–Kier alpha value is -2.81. The molecule has 0 aliphatic rings. The van der Waals surface area contributed by atoms with Gasteiger partial charge in [-0.3, -0.25) is 24.1 Å². The number of nitrogens with zero attached hydrogens (tertiary/aromatic N) is 3. The van der Waals surface area contributed by atoms with Crippen molar-refractivity contribution in [2.24, 2.45) is 0 Å². The molecule has 0 unspecified atom stereocenters. The van der Waals surface area contributed by atoms with E-state index in [9.17, 15) is 9.59 Å². The Kier molecular flexibility index (Phi) is 7.83. The second-order valence-electron chi connectivity index (χ2n) is 5.71. The van der Waals surface area contributed by atoms with E-state index in [0.29, 0.717) is 42.2 Å². The van der Waals surface area contributed by atoms with Gasteiger partial charge in [0.2, 0.25) is 0 Å². The number of nitrogens with two attached hydrogens (primary N) is 2. The number of hydrogen-bond acceptors (Lipinski definition) is 9. The highest BCUT2D eigenvalue weighted by atomic mass is 32.1. The van der Waals surface area contributed by atoms with Gasteiger partial charge in [0, 0.05) is 14.2 Å². The standard InChI is InChI=1S/C8H10N4O2S.C7H12N4O2S/c1-14-3-2-12-6-5(9-4-10-6)7(13)11-8(12)15;1-13-3-2-11-5(9)4(8)6(12)10-7(11)14/h4H,2-3H2,1H3,(H,9,10)(H,11,13,15);2-3,8-9H2,1H3,(H,10,12,14). The lowest BCUT2D eigenvalue weighted by molar-refractivity contribution is 0.187. The molecule has 3 aromatic rings. The van der Waals surface area contributed by atoms with E-state index < -0.39 is 5.56 Å². The van der Waals surface area contributed by atoms with Gasteiger partial charge < -0.3 is 30.5 Å². The molecule has 0 saturated heterocycles. The molecule has 14 heteroatoms. The van der Waals surface area contributed by atoms with Crippen molar-refractivity contribution in [3.63, 3.8) is 0 Å². The number of nitrogen functional groups attached to an aromatic ring is 2. The maximum Gasteiger partial charge on any atom is 0.277 e. The molecule has 0 aliphatic heterocycles. The Balaban J connectivity index is 0.000000208. The van der Waals surface area contributed by atoms with Gasteiger partial charge >= 0.3 is 0 Å². The summed E-state index contributed by atoms with van der Waals surface area (Å²) in [6, 6.07) is 0. The van der Waals surface area contributed by atoms with Gasteiger partial charge in [-0.05, 0) is 24.4 Å². The first-order valence-corrected chi connectivity index (χ1v) is 9.15. The third-order valence-corrected chi connectivity index (χ3v) is 4.53. The van der Waals surface area contributed by atoms with Crippen molar-refractivity contribution < 1.29 is 9.47 Å². The number of hydrogen-bond donors (Lipinski definition) is 5. The van der Waals surface area contributed by atoms with E-state index in [4.69, 9.17) is 45.4 Å². The van der Waals surface area contributed by atoms with Crippen LogP contribution >= 0.6 is 24.4 Å². The molecular weight excluding hydrogens is 420 g/mol. The second-order valence-corrected chi connectivity index (χ2v) is 6.48. The zero-order chi connectivity index (χ0) is 21.6. The molecule has 7 N–H and O–H groups in total. The minimum atomic E-state index is -0.457. The largest absolute Gasteiger partial charge is 0.391 e. The predicted molar refractivity (Wildman–Crippen MR) is 114 cm³/mol. The molecule has 0 bridgehead atoms. The molecule has 0 aromatic carbocycles. The molecule has 3 rings (SSSR count). The van der Waals surface area contributed by atoms with Gasteiger partial charge in [0.05, 0.1) is 32.6 Å². The molecule has 0 fully saturated rings. The lowest BCUT2D eigenvalue weighted by Crippen LogP contribution is -2.22. The first-order valence-electron chi connectivity index (χ1n) is 8.34. The van der Waals surface area contributed by atoms with Crippen molar-refractivity contribution >= 4 is 47.1 Å². The highest BCUT2D eigenvalue weighted by molar-refractivity contribution is 7.71. The Morgan fingerprint density at radius 1 is 1.00 bits per heavy atom. The molecule has 12 nitrogen and oxygen atoms in total. The summed E-state index contributed by atoms with van der Waals surface area (Å²) >= 11 is 9.96. The summed E-state index contributed by atoms with van der Waals surface area (Å²) < 4.78 is 13.7. The monoisotopic (exact) mass is 442 g/mol. The van der Waals surface area contributed by atoms with E-state index >= 15 is 0 Å². The number of anilines is 2. The molecular formula is C15H22N8O4S2. The number of fused-ring (bicyclic) bond motifs is 1. The van der Waals surface area contributed by atoms with Gasteiger partial charge in [0.1, 0.15) is 17.0 Å². The Labute approximate surface area is 174 Å². The number of aromatic amines is 3. The average molecular weight is 443 g/mol. The Bertz CT molecular complexity index is 1210. The molecule has 0 radical (unpaired) electrons. The SMILES string of the molecule is COCCn1c(=S)[nH]c(=O)c2[nH]cnc21.COCCn1c(N)c(N)c(=O)[nH]c1=S. The summed E-state index contributed by atoms with van der Waals surface area (Å²) in [7, 11) is 3.17. The van der Waals surface area contributed by atoms with Crippen LogP contribution in [0, 0.1) is 9.54 Å². The zero-order valence-electron chi connectivity index (χ0n) is 15.9. The van der Waals surface area contributed by atoms with Gasteiger partial charge in [0.25, 0.3) is 11.1 Å². The molecule has 0 atom stereocenters. The normalized spacial score (nSPS) is 10.7. The predicted octanol–water partition coefficient (Wildman–Crippen LogP) is 0.145. The van der Waals surface area contributed by atoms with E-state index in [-0.39, 0.29) is 21.8 Å². The number of ether oxygens (including phenoxy) is 2. The van der Waals surface area contributed by atoms with Crippen molar-refractivity contribution in [2.45, 2.75) is 13.1 Å². The fraction of sp³-hybridized carbons (Fsp3) is 0.400. The first-order chi connectivity index (χ1) is 13.8. The molecule has 3 aromatic heterocycles. The second kappa shape index (κ2) is 10.1. The fourth-order valence-electron chi connectivity index (χ4n) is 2.38. The summed E-state index contributed by atoms with van der Waals surface area (Å²) in [5.74, 6) is 0.177. The number of nitrogens with one attached hydrogen (secondary N) is 3. The summed E-state index contributed by atoms with van der Waals surface area (Å²) in [5, 5.41) is 0. The first kappa shape index (κ1) is 22.5. The quantitative estimate of drug-likeness (QED) is 0.333. The van der Waals surface area contributed by atoms with Crippen LogP contribution in [-0.2, 0) is 22.6 Å². The van der Waals surface area contributed by atoms with Crippen molar-refractivity contribution in [1.29, 1.82) is 0 Å². The van der Waals surface area contributed by atoms with Crippen LogP contribution in [0.4, 0.5) is 11.5 Å². The maximum atomic E-state index is 11.4. The molecule has 3 heterocycles. The fourth-order valence-corrected chi connectivity index (χ4v) is 2.93. The van der Waals surface area contributed by atoms with Crippen molar-refractivity contribution in [3.8, 4) is 0 Å². The lowest BCUT2D eigenvalue weighted by atomic mass is 10.4. The van der Waals surface area contributed by atoms with E-state index in [0.717, 1.165) is 0 Å². The minimum Gasteiger partial charge on any atom is -0.391 e. The van der Waals surface area contributed by atoms with Gasteiger partial charge in [-0.15, -0.1) is 0 Å². The Morgan fingerprint density at radius 3 is 2.17 bits per heavy atom. The van der Waals surface area contributed by atoms with Gasteiger partial charge in [-0.2, -0.15) is 0 Å². The lowest BCUT2D eigenvalue weighted by Gasteiger charge is -2.10. The van der Waals surface area contributed by atoms with E-state index in [2.05, 4.69) is 19.9 Å². The van der Waals surface area contributed by atoms with Crippen LogP contribution in [0.1, 0.15) is 0 Å². The van der Waals surface area contributed by atoms with E-state index in [1.165, 1.54) is 10.9 Å². The number of aromatic nitrogens is 6. The van der Waals surface area contributed by atoms with Crippen LogP contribution in [0.2, 0.25) is 0 Å². The minimum absolute atomic E-state index is 0.0188. The molecule has 0 spiro atoms. The highest BCUT2D eigenvalue weighted by Crippen LogP contribution is 2.08. The number of H-pyrrole nitrogens is 3. The molecule has 0 amide bonds. The number of imidazole rings is 1. The summed E-state index contributed by atoms with van der Waals surface area (Å²) in [6.07, 6.45) is 1.47. The topological polar surface area (TPSA) is 175 Å². The van der Waals surface area contributed by atoms with Gasteiger partial charge in [-0.25, -0.2) is 4.98 Å². The molecule has 0 saturated carbocycles.